The van der Waals surface area contributed by atoms with Gasteiger partial charge in [0.15, 0.2) is 0 Å². The van der Waals surface area contributed by atoms with Gasteiger partial charge in [0.05, 0.1) is 27.0 Å². The van der Waals surface area contributed by atoms with E-state index in [1.807, 2.05) is 0 Å². The van der Waals surface area contributed by atoms with Crippen molar-refractivity contribution in [3.63, 3.8) is 0 Å². The molecular weight excluding hydrogens is 338 g/mol. The van der Waals surface area contributed by atoms with Crippen LogP contribution in [0.2, 0.25) is 0 Å². The highest BCUT2D eigenvalue weighted by Crippen LogP contribution is 2.29. The third-order valence-corrected chi connectivity index (χ3v) is 3.84. The second-order valence-electron chi connectivity index (χ2n) is 5.37. The molecule has 26 heavy (non-hydrogen) atoms. The zero-order chi connectivity index (χ0) is 18.7. The van der Waals surface area contributed by atoms with E-state index in [-0.39, 0.29) is 5.56 Å². The van der Waals surface area contributed by atoms with Gasteiger partial charge in [-0.25, -0.2) is 4.79 Å². The standard InChI is InChI=1S/C19H17NO6/c1-23-12-5-7-16-11(8-12)9-14(19(22)26-16)18(21)20-15-6-4-13(24-2)10-17(15)25-3/h4-10H,1-3H3,(H,20,21). The topological polar surface area (TPSA) is 87.0 Å². The first-order chi connectivity index (χ1) is 12.5. The summed E-state index contributed by atoms with van der Waals surface area (Å²) in [7, 11) is 4.53. The van der Waals surface area contributed by atoms with E-state index in [0.717, 1.165) is 0 Å². The zero-order valence-electron chi connectivity index (χ0n) is 14.5. The molecule has 1 N–H and O–H groups in total. The maximum Gasteiger partial charge on any atom is 0.349 e. The molecule has 7 heteroatoms. The Kier molecular flexibility index (Phi) is 4.79. The van der Waals surface area contributed by atoms with Crippen molar-refractivity contribution in [3.8, 4) is 17.2 Å². The first-order valence-corrected chi connectivity index (χ1v) is 7.71. The lowest BCUT2D eigenvalue weighted by molar-refractivity contribution is 0.102. The highest BCUT2D eigenvalue weighted by molar-refractivity contribution is 6.06. The third kappa shape index (κ3) is 3.32. The maximum absolute atomic E-state index is 12.6. The lowest BCUT2D eigenvalue weighted by Gasteiger charge is -2.11. The first-order valence-electron chi connectivity index (χ1n) is 7.71. The molecule has 7 nitrogen and oxygen atoms in total. The predicted molar refractivity (Wildman–Crippen MR) is 96.5 cm³/mol. The number of amides is 1. The van der Waals surface area contributed by atoms with Gasteiger partial charge in [0, 0.05) is 11.5 Å². The molecular formula is C19H17NO6. The van der Waals surface area contributed by atoms with Crippen LogP contribution in [0.3, 0.4) is 0 Å². The number of anilines is 1. The first kappa shape index (κ1) is 17.3. The Bertz CT molecular complexity index is 1020. The molecule has 0 spiro atoms. The van der Waals surface area contributed by atoms with E-state index in [0.29, 0.717) is 33.9 Å². The number of ether oxygens (including phenoxy) is 3. The van der Waals surface area contributed by atoms with Crippen molar-refractivity contribution < 1.29 is 23.4 Å². The Morgan fingerprint density at radius 2 is 1.62 bits per heavy atom. The molecule has 0 radical (unpaired) electrons. The number of benzene rings is 2. The average molecular weight is 355 g/mol. The van der Waals surface area contributed by atoms with Gasteiger partial charge in [-0.15, -0.1) is 0 Å². The quantitative estimate of drug-likeness (QED) is 0.708. The van der Waals surface area contributed by atoms with Gasteiger partial charge in [-0.2, -0.15) is 0 Å². The van der Waals surface area contributed by atoms with Crippen molar-refractivity contribution >= 4 is 22.6 Å². The van der Waals surface area contributed by atoms with Crippen molar-refractivity contribution in [1.29, 1.82) is 0 Å². The van der Waals surface area contributed by atoms with Gasteiger partial charge in [-0.05, 0) is 36.4 Å². The van der Waals surface area contributed by atoms with Crippen LogP contribution in [0, 0.1) is 0 Å². The van der Waals surface area contributed by atoms with Crippen LogP contribution in [0.1, 0.15) is 10.4 Å². The molecule has 0 fully saturated rings. The van der Waals surface area contributed by atoms with Crippen LogP contribution in [0.15, 0.2) is 51.7 Å². The Morgan fingerprint density at radius 1 is 0.923 bits per heavy atom. The molecule has 0 aliphatic heterocycles. The summed E-state index contributed by atoms with van der Waals surface area (Å²) in [6.07, 6.45) is 0. The summed E-state index contributed by atoms with van der Waals surface area (Å²) < 4.78 is 20.7. The van der Waals surface area contributed by atoms with Crippen LogP contribution >= 0.6 is 0 Å². The molecule has 1 aromatic heterocycles. The van der Waals surface area contributed by atoms with Gasteiger partial charge in [-0.1, -0.05) is 0 Å². The lowest BCUT2D eigenvalue weighted by Crippen LogP contribution is -2.21. The molecule has 0 saturated heterocycles. The van der Waals surface area contributed by atoms with Crippen LogP contribution in [0.4, 0.5) is 5.69 Å². The van der Waals surface area contributed by atoms with E-state index in [2.05, 4.69) is 5.32 Å². The maximum atomic E-state index is 12.6. The summed E-state index contributed by atoms with van der Waals surface area (Å²) in [6.45, 7) is 0. The van der Waals surface area contributed by atoms with Crippen molar-refractivity contribution in [3.05, 3.63) is 58.4 Å². The minimum Gasteiger partial charge on any atom is -0.497 e. The molecule has 0 unspecified atom stereocenters. The van der Waals surface area contributed by atoms with Gasteiger partial charge >= 0.3 is 5.63 Å². The van der Waals surface area contributed by atoms with Crippen LogP contribution in [0.5, 0.6) is 17.2 Å². The Labute approximate surface area is 149 Å². The van der Waals surface area contributed by atoms with Gasteiger partial charge in [0.25, 0.3) is 5.91 Å². The molecule has 1 heterocycles. The smallest absolute Gasteiger partial charge is 0.349 e. The summed E-state index contributed by atoms with van der Waals surface area (Å²) >= 11 is 0. The van der Waals surface area contributed by atoms with Crippen LogP contribution in [-0.2, 0) is 0 Å². The molecule has 0 aliphatic carbocycles. The number of rotatable bonds is 5. The molecule has 0 bridgehead atoms. The van der Waals surface area contributed by atoms with E-state index >= 15 is 0 Å². The van der Waals surface area contributed by atoms with E-state index < -0.39 is 11.5 Å². The number of fused-ring (bicyclic) bond motifs is 1. The fourth-order valence-corrected chi connectivity index (χ4v) is 2.48. The second-order valence-corrected chi connectivity index (χ2v) is 5.37. The number of methoxy groups -OCH3 is 3. The Balaban J connectivity index is 1.97. The van der Waals surface area contributed by atoms with Gasteiger partial charge < -0.3 is 23.9 Å². The predicted octanol–water partition coefficient (Wildman–Crippen LogP) is 3.07. The van der Waals surface area contributed by atoms with Gasteiger partial charge in [0.1, 0.15) is 28.4 Å². The third-order valence-electron chi connectivity index (χ3n) is 3.84. The highest BCUT2D eigenvalue weighted by Gasteiger charge is 2.16. The minimum absolute atomic E-state index is 0.122. The summed E-state index contributed by atoms with van der Waals surface area (Å²) in [6, 6.07) is 11.4. The number of carbonyl (C=O) groups is 1. The number of nitrogens with one attached hydrogen (secondary N) is 1. The number of hydrogen-bond donors (Lipinski definition) is 1. The molecule has 1 amide bonds. The highest BCUT2D eigenvalue weighted by atomic mass is 16.5. The van der Waals surface area contributed by atoms with Gasteiger partial charge in [0.2, 0.25) is 0 Å². The molecule has 3 rings (SSSR count). The monoisotopic (exact) mass is 355 g/mol. The summed E-state index contributed by atoms with van der Waals surface area (Å²) in [5.74, 6) is 0.975. The van der Waals surface area contributed by atoms with Crippen LogP contribution in [0.25, 0.3) is 11.0 Å². The summed E-state index contributed by atoms with van der Waals surface area (Å²) in [4.78, 5) is 24.7. The zero-order valence-corrected chi connectivity index (χ0v) is 14.5. The van der Waals surface area contributed by atoms with E-state index in [4.69, 9.17) is 18.6 Å². The molecule has 0 saturated carbocycles. The average Bonchev–Trinajstić information content (AvgIpc) is 2.67. The fraction of sp³-hybridized carbons (Fsp3) is 0.158. The van der Waals surface area contributed by atoms with E-state index in [1.54, 1.807) is 36.4 Å². The second kappa shape index (κ2) is 7.18. The van der Waals surface area contributed by atoms with Crippen molar-refractivity contribution in [2.45, 2.75) is 0 Å². The van der Waals surface area contributed by atoms with Crippen molar-refractivity contribution in [1.82, 2.24) is 0 Å². The van der Waals surface area contributed by atoms with E-state index in [9.17, 15) is 9.59 Å². The van der Waals surface area contributed by atoms with Crippen LogP contribution in [-0.4, -0.2) is 27.2 Å². The molecule has 2 aromatic carbocycles. The molecule has 134 valence electrons. The largest absolute Gasteiger partial charge is 0.497 e. The number of carbonyl (C=O) groups excluding carboxylic acids is 1. The fourth-order valence-electron chi connectivity index (χ4n) is 2.48. The minimum atomic E-state index is -0.729. The normalized spacial score (nSPS) is 10.4. The van der Waals surface area contributed by atoms with Crippen molar-refractivity contribution in [2.24, 2.45) is 0 Å². The number of hydrogen-bond acceptors (Lipinski definition) is 6. The molecule has 3 aromatic rings. The van der Waals surface area contributed by atoms with E-state index in [1.165, 1.54) is 27.4 Å². The molecule has 0 aliphatic rings. The lowest BCUT2D eigenvalue weighted by atomic mass is 10.1. The SMILES string of the molecule is COc1ccc(NC(=O)c2cc3cc(OC)ccc3oc2=O)c(OC)c1. The van der Waals surface area contributed by atoms with Crippen LogP contribution < -0.4 is 25.2 Å². The molecule has 0 atom stereocenters. The summed E-state index contributed by atoms with van der Waals surface area (Å²) in [5, 5.41) is 3.23. The summed E-state index contributed by atoms with van der Waals surface area (Å²) in [5.41, 5.74) is -0.0749. The Hall–Kier alpha value is -3.48. The van der Waals surface area contributed by atoms with Crippen molar-refractivity contribution in [2.75, 3.05) is 26.6 Å². The van der Waals surface area contributed by atoms with Gasteiger partial charge in [-0.3, -0.25) is 4.79 Å². The Morgan fingerprint density at radius 3 is 2.31 bits per heavy atom.